The monoisotopic (exact) mass is 332 g/mol. The number of rotatable bonds is 4. The zero-order chi connectivity index (χ0) is 17.8. The molecule has 0 aliphatic rings. The van der Waals surface area contributed by atoms with Gasteiger partial charge in [0.15, 0.2) is 11.6 Å². The van der Waals surface area contributed by atoms with Gasteiger partial charge in [-0.3, -0.25) is 0 Å². The Morgan fingerprint density at radius 3 is 2.68 bits per heavy atom. The van der Waals surface area contributed by atoms with Crippen molar-refractivity contribution in [3.8, 4) is 11.9 Å². The van der Waals surface area contributed by atoms with Gasteiger partial charge in [0, 0.05) is 26.0 Å². The molecule has 0 radical (unpaired) electrons. The highest BCUT2D eigenvalue weighted by Gasteiger charge is 2.12. The molecule has 0 aliphatic heterocycles. The van der Waals surface area contributed by atoms with Crippen LogP contribution >= 0.6 is 0 Å². The van der Waals surface area contributed by atoms with Gasteiger partial charge >= 0.3 is 0 Å². The van der Waals surface area contributed by atoms with Gasteiger partial charge in [0.2, 0.25) is 0 Å². The Hall–Kier alpha value is -3.73. The molecule has 25 heavy (non-hydrogen) atoms. The van der Waals surface area contributed by atoms with E-state index in [4.69, 9.17) is 5.73 Å². The van der Waals surface area contributed by atoms with Crippen molar-refractivity contribution >= 4 is 22.9 Å². The Labute approximate surface area is 144 Å². The fraction of sp³-hybridized carbons (Fsp3) is 0.118. The minimum atomic E-state index is 0.303. The first kappa shape index (κ1) is 16.1. The fourth-order valence-electron chi connectivity index (χ4n) is 2.18. The van der Waals surface area contributed by atoms with E-state index in [-0.39, 0.29) is 0 Å². The van der Waals surface area contributed by atoms with Crippen LogP contribution in [0.15, 0.2) is 59.0 Å². The first-order valence-corrected chi connectivity index (χ1v) is 7.48. The lowest BCUT2D eigenvalue weighted by molar-refractivity contribution is 0.839. The normalized spacial score (nSPS) is 10.8. The van der Waals surface area contributed by atoms with E-state index in [1.165, 1.54) is 10.9 Å². The second kappa shape index (κ2) is 6.80. The number of anilines is 2. The van der Waals surface area contributed by atoms with Crippen LogP contribution in [0.5, 0.6) is 0 Å². The number of nitriles is 1. The predicted molar refractivity (Wildman–Crippen MR) is 95.4 cm³/mol. The highest BCUT2D eigenvalue weighted by Crippen LogP contribution is 2.29. The summed E-state index contributed by atoms with van der Waals surface area (Å²) in [5.41, 5.74) is 8.32. The number of nitrogens with two attached hydrogens (primary N) is 1. The Bertz CT molecular complexity index is 951. The van der Waals surface area contributed by atoms with Gasteiger partial charge < -0.3 is 10.6 Å². The van der Waals surface area contributed by atoms with Crippen molar-refractivity contribution < 1.29 is 0 Å². The standard InChI is InChI=1S/C17H16N8/c1-24(2)13-6-7-15(14(19)9-13)22-23-17-12(10-18)11-21-25(17)16-5-3-4-8-20-16/h3-9,11H,19H2,1-2H3/b23-22+. The van der Waals surface area contributed by atoms with Gasteiger partial charge in [0.25, 0.3) is 0 Å². The minimum Gasteiger partial charge on any atom is -0.397 e. The number of benzene rings is 1. The van der Waals surface area contributed by atoms with Crippen LogP contribution in [0, 0.1) is 11.3 Å². The van der Waals surface area contributed by atoms with E-state index in [0.717, 1.165) is 5.69 Å². The number of hydrogen-bond acceptors (Lipinski definition) is 7. The molecular formula is C17H16N8. The van der Waals surface area contributed by atoms with Gasteiger partial charge in [-0.2, -0.15) is 15.0 Å². The lowest BCUT2D eigenvalue weighted by Gasteiger charge is -2.13. The van der Waals surface area contributed by atoms with Gasteiger partial charge in [-0.1, -0.05) is 6.07 Å². The SMILES string of the molecule is CN(C)c1ccc(/N=N/c2c(C#N)cnn2-c2ccccn2)c(N)c1. The first-order valence-electron chi connectivity index (χ1n) is 7.48. The summed E-state index contributed by atoms with van der Waals surface area (Å²) in [6.45, 7) is 0. The van der Waals surface area contributed by atoms with E-state index in [1.54, 1.807) is 24.4 Å². The second-order valence-electron chi connectivity index (χ2n) is 5.43. The molecule has 0 bridgehead atoms. The molecule has 3 aromatic rings. The molecule has 2 aromatic heterocycles. The van der Waals surface area contributed by atoms with E-state index in [2.05, 4.69) is 26.4 Å². The van der Waals surface area contributed by atoms with Crippen LogP contribution in [0.1, 0.15) is 5.56 Å². The Morgan fingerprint density at radius 1 is 1.20 bits per heavy atom. The minimum absolute atomic E-state index is 0.303. The van der Waals surface area contributed by atoms with Crippen LogP contribution in [0.3, 0.4) is 0 Å². The number of pyridine rings is 1. The molecule has 2 heterocycles. The molecule has 124 valence electrons. The van der Waals surface area contributed by atoms with Crippen molar-refractivity contribution in [3.63, 3.8) is 0 Å². The highest BCUT2D eigenvalue weighted by molar-refractivity contribution is 5.69. The smallest absolute Gasteiger partial charge is 0.197 e. The zero-order valence-electron chi connectivity index (χ0n) is 13.8. The maximum Gasteiger partial charge on any atom is 0.197 e. The third-order valence-corrected chi connectivity index (χ3v) is 3.51. The molecule has 0 fully saturated rings. The van der Waals surface area contributed by atoms with E-state index in [0.29, 0.717) is 28.6 Å². The quantitative estimate of drug-likeness (QED) is 0.583. The van der Waals surface area contributed by atoms with Crippen molar-refractivity contribution in [1.29, 1.82) is 5.26 Å². The average molecular weight is 332 g/mol. The fourth-order valence-corrected chi connectivity index (χ4v) is 2.18. The van der Waals surface area contributed by atoms with E-state index >= 15 is 0 Å². The molecule has 0 aliphatic carbocycles. The third kappa shape index (κ3) is 3.30. The summed E-state index contributed by atoms with van der Waals surface area (Å²) in [5, 5.41) is 21.8. The lowest BCUT2D eigenvalue weighted by atomic mass is 10.2. The van der Waals surface area contributed by atoms with Gasteiger partial charge in [0.05, 0.1) is 11.9 Å². The number of aromatic nitrogens is 3. The maximum atomic E-state index is 9.27. The van der Waals surface area contributed by atoms with Gasteiger partial charge in [-0.25, -0.2) is 4.98 Å². The van der Waals surface area contributed by atoms with Crippen LogP contribution in [0.2, 0.25) is 0 Å². The Kier molecular flexibility index (Phi) is 4.39. The molecule has 0 amide bonds. The van der Waals surface area contributed by atoms with Crippen LogP contribution in [0.25, 0.3) is 5.82 Å². The lowest BCUT2D eigenvalue weighted by Crippen LogP contribution is -2.08. The summed E-state index contributed by atoms with van der Waals surface area (Å²) in [7, 11) is 3.86. The molecule has 0 unspecified atom stereocenters. The summed E-state index contributed by atoms with van der Waals surface area (Å²) in [6.07, 6.45) is 3.07. The second-order valence-corrected chi connectivity index (χ2v) is 5.43. The van der Waals surface area contributed by atoms with E-state index < -0.39 is 0 Å². The number of nitrogen functional groups attached to an aromatic ring is 1. The van der Waals surface area contributed by atoms with Gasteiger partial charge in [-0.15, -0.1) is 10.2 Å². The molecule has 1 aromatic carbocycles. The molecule has 0 saturated heterocycles. The third-order valence-electron chi connectivity index (χ3n) is 3.51. The Morgan fingerprint density at radius 2 is 2.04 bits per heavy atom. The van der Waals surface area contributed by atoms with Crippen LogP contribution in [-0.4, -0.2) is 28.9 Å². The molecule has 0 atom stereocenters. The van der Waals surface area contributed by atoms with Gasteiger partial charge in [-0.05, 0) is 30.3 Å². The van der Waals surface area contributed by atoms with Crippen LogP contribution < -0.4 is 10.6 Å². The van der Waals surface area contributed by atoms with Crippen molar-refractivity contribution in [2.45, 2.75) is 0 Å². The molecule has 2 N–H and O–H groups in total. The highest BCUT2D eigenvalue weighted by atomic mass is 15.4. The average Bonchev–Trinajstić information content (AvgIpc) is 3.04. The molecule has 0 spiro atoms. The molecule has 8 nitrogen and oxygen atoms in total. The van der Waals surface area contributed by atoms with Gasteiger partial charge in [0.1, 0.15) is 17.3 Å². The van der Waals surface area contributed by atoms with E-state index in [1.807, 2.05) is 37.2 Å². The number of hydrogen-bond donors (Lipinski definition) is 1. The molecular weight excluding hydrogens is 316 g/mol. The summed E-state index contributed by atoms with van der Waals surface area (Å²) in [5.74, 6) is 0.853. The summed E-state index contributed by atoms with van der Waals surface area (Å²) in [6, 6.07) is 12.9. The van der Waals surface area contributed by atoms with Crippen molar-refractivity contribution in [1.82, 2.24) is 14.8 Å². The molecule has 0 saturated carbocycles. The van der Waals surface area contributed by atoms with Crippen LogP contribution in [-0.2, 0) is 0 Å². The van der Waals surface area contributed by atoms with Crippen LogP contribution in [0.4, 0.5) is 22.9 Å². The topological polar surface area (TPSA) is 108 Å². The first-order chi connectivity index (χ1) is 12.1. The maximum absolute atomic E-state index is 9.27. The number of azo groups is 1. The Balaban J connectivity index is 2.00. The van der Waals surface area contributed by atoms with Crippen molar-refractivity contribution in [2.24, 2.45) is 10.2 Å². The van der Waals surface area contributed by atoms with Crippen molar-refractivity contribution in [2.75, 3.05) is 24.7 Å². The summed E-state index contributed by atoms with van der Waals surface area (Å²) in [4.78, 5) is 6.17. The predicted octanol–water partition coefficient (Wildman–Crippen LogP) is 3.20. The summed E-state index contributed by atoms with van der Waals surface area (Å²) >= 11 is 0. The molecule has 3 rings (SSSR count). The zero-order valence-corrected chi connectivity index (χ0v) is 13.8. The van der Waals surface area contributed by atoms with Crippen molar-refractivity contribution in [3.05, 3.63) is 54.4 Å². The summed E-state index contributed by atoms with van der Waals surface area (Å²) < 4.78 is 1.46. The van der Waals surface area contributed by atoms with E-state index in [9.17, 15) is 5.26 Å². The molecule has 8 heteroatoms. The number of nitrogens with zero attached hydrogens (tertiary/aromatic N) is 7. The largest absolute Gasteiger partial charge is 0.397 e.